The van der Waals surface area contributed by atoms with Gasteiger partial charge in [-0.2, -0.15) is 0 Å². The maximum atomic E-state index is 2.52. The zero-order valence-electron chi connectivity index (χ0n) is 26.7. The summed E-state index contributed by atoms with van der Waals surface area (Å²) in [6.45, 7) is 4.76. The molecule has 0 heterocycles. The summed E-state index contributed by atoms with van der Waals surface area (Å²) >= 11 is 0. The van der Waals surface area contributed by atoms with Crippen LogP contribution in [0.1, 0.15) is 25.0 Å². The molecule has 0 spiro atoms. The first kappa shape index (κ1) is 27.6. The lowest BCUT2D eigenvalue weighted by Gasteiger charge is -2.24. The van der Waals surface area contributed by atoms with Gasteiger partial charge in [0, 0.05) is 5.41 Å². The standard InChI is InChI=1S/C47H34/c1-47(2)43-23-12-11-20-37(43)40-29-41-42(30-44(40)47)46(36-19-13-18-35(28-36)32-16-7-4-8-17-32)39-22-10-9-21-38(39)45(41)34-26-24-33(25-27-34)31-14-5-3-6-15-31/h3-30H,1-2H3. The Morgan fingerprint density at radius 2 is 0.787 bits per heavy atom. The molecule has 0 atom stereocenters. The summed E-state index contributed by atoms with van der Waals surface area (Å²) in [6, 6.07) is 62.6. The molecular formula is C47H34. The fourth-order valence-electron chi connectivity index (χ4n) is 7.94. The smallest absolute Gasteiger partial charge is 0.0159 e. The molecule has 0 amide bonds. The Labute approximate surface area is 276 Å². The summed E-state index contributed by atoms with van der Waals surface area (Å²) in [7, 11) is 0. The molecule has 1 aliphatic carbocycles. The minimum atomic E-state index is -0.0909. The van der Waals surface area contributed by atoms with Gasteiger partial charge in [0.25, 0.3) is 0 Å². The molecule has 47 heavy (non-hydrogen) atoms. The van der Waals surface area contributed by atoms with Crippen molar-refractivity contribution in [3.8, 4) is 55.6 Å². The van der Waals surface area contributed by atoms with E-state index in [1.165, 1.54) is 88.3 Å². The number of benzene rings is 8. The quantitative estimate of drug-likeness (QED) is 0.177. The predicted molar refractivity (Wildman–Crippen MR) is 201 cm³/mol. The van der Waals surface area contributed by atoms with Crippen molar-refractivity contribution in [2.24, 2.45) is 0 Å². The second kappa shape index (κ2) is 10.7. The summed E-state index contributed by atoms with van der Waals surface area (Å²) in [5.41, 5.74) is 15.4. The second-order valence-electron chi connectivity index (χ2n) is 13.3. The van der Waals surface area contributed by atoms with E-state index in [-0.39, 0.29) is 5.41 Å². The van der Waals surface area contributed by atoms with E-state index in [1.54, 1.807) is 0 Å². The van der Waals surface area contributed by atoms with Crippen LogP contribution in [0, 0.1) is 0 Å². The molecule has 0 aromatic heterocycles. The number of hydrogen-bond acceptors (Lipinski definition) is 0. The van der Waals surface area contributed by atoms with Gasteiger partial charge >= 0.3 is 0 Å². The first-order valence-corrected chi connectivity index (χ1v) is 16.5. The first-order chi connectivity index (χ1) is 23.1. The highest BCUT2D eigenvalue weighted by Crippen LogP contribution is 2.53. The molecule has 0 nitrogen and oxygen atoms in total. The van der Waals surface area contributed by atoms with Crippen LogP contribution in [-0.2, 0) is 5.41 Å². The Kier molecular flexibility index (Phi) is 6.27. The first-order valence-electron chi connectivity index (χ1n) is 16.5. The van der Waals surface area contributed by atoms with Crippen molar-refractivity contribution in [2.45, 2.75) is 19.3 Å². The summed E-state index contributed by atoms with van der Waals surface area (Å²) in [6.07, 6.45) is 0. The van der Waals surface area contributed by atoms with E-state index >= 15 is 0 Å². The van der Waals surface area contributed by atoms with E-state index in [0.29, 0.717) is 0 Å². The molecule has 0 unspecified atom stereocenters. The minimum absolute atomic E-state index is 0.0909. The average Bonchev–Trinajstić information content (AvgIpc) is 3.36. The van der Waals surface area contributed by atoms with Gasteiger partial charge < -0.3 is 0 Å². The third kappa shape index (κ3) is 4.37. The summed E-state index contributed by atoms with van der Waals surface area (Å²) in [5.74, 6) is 0. The number of rotatable bonds is 4. The monoisotopic (exact) mass is 598 g/mol. The Bertz CT molecular complexity index is 2450. The van der Waals surface area contributed by atoms with Crippen molar-refractivity contribution in [3.05, 3.63) is 181 Å². The van der Waals surface area contributed by atoms with Gasteiger partial charge in [0.1, 0.15) is 0 Å². The van der Waals surface area contributed by atoms with Gasteiger partial charge in [-0.05, 0) is 107 Å². The van der Waals surface area contributed by atoms with Crippen LogP contribution in [0.2, 0.25) is 0 Å². The lowest BCUT2D eigenvalue weighted by atomic mass is 9.79. The maximum Gasteiger partial charge on any atom is 0.0159 e. The topological polar surface area (TPSA) is 0 Å². The van der Waals surface area contributed by atoms with Gasteiger partial charge in [0.15, 0.2) is 0 Å². The second-order valence-corrected chi connectivity index (χ2v) is 13.3. The van der Waals surface area contributed by atoms with Crippen LogP contribution in [0.3, 0.4) is 0 Å². The molecular weight excluding hydrogens is 565 g/mol. The number of fused-ring (bicyclic) bond motifs is 5. The largest absolute Gasteiger partial charge is 0.0622 e. The van der Waals surface area contributed by atoms with Crippen LogP contribution in [0.15, 0.2) is 170 Å². The Morgan fingerprint density at radius 1 is 0.298 bits per heavy atom. The fourth-order valence-corrected chi connectivity index (χ4v) is 7.94. The lowest BCUT2D eigenvalue weighted by molar-refractivity contribution is 0.661. The van der Waals surface area contributed by atoms with E-state index in [1.807, 2.05) is 0 Å². The van der Waals surface area contributed by atoms with Gasteiger partial charge in [0.05, 0.1) is 0 Å². The van der Waals surface area contributed by atoms with Crippen LogP contribution < -0.4 is 0 Å². The van der Waals surface area contributed by atoms with Crippen molar-refractivity contribution in [2.75, 3.05) is 0 Å². The SMILES string of the molecule is CC1(C)c2ccccc2-c2cc3c(-c4ccc(-c5ccccc5)cc4)c4ccccc4c(-c4cccc(-c5ccccc5)c4)c3cc21. The molecule has 0 radical (unpaired) electrons. The third-order valence-electron chi connectivity index (χ3n) is 10.3. The summed E-state index contributed by atoms with van der Waals surface area (Å²) in [4.78, 5) is 0. The van der Waals surface area contributed by atoms with Crippen LogP contribution in [0.25, 0.3) is 77.2 Å². The van der Waals surface area contributed by atoms with E-state index < -0.39 is 0 Å². The van der Waals surface area contributed by atoms with E-state index in [9.17, 15) is 0 Å². The van der Waals surface area contributed by atoms with Gasteiger partial charge in [0.2, 0.25) is 0 Å². The van der Waals surface area contributed by atoms with Crippen LogP contribution >= 0.6 is 0 Å². The Morgan fingerprint density at radius 3 is 1.49 bits per heavy atom. The number of hydrogen-bond donors (Lipinski definition) is 0. The minimum Gasteiger partial charge on any atom is -0.0622 e. The van der Waals surface area contributed by atoms with Gasteiger partial charge in [-0.1, -0.05) is 166 Å². The van der Waals surface area contributed by atoms with Gasteiger partial charge in [-0.25, -0.2) is 0 Å². The molecule has 8 aromatic rings. The molecule has 8 aromatic carbocycles. The van der Waals surface area contributed by atoms with Crippen molar-refractivity contribution in [1.82, 2.24) is 0 Å². The molecule has 0 saturated heterocycles. The molecule has 0 N–H and O–H groups in total. The lowest BCUT2D eigenvalue weighted by Crippen LogP contribution is -2.14. The van der Waals surface area contributed by atoms with Crippen molar-refractivity contribution < 1.29 is 0 Å². The van der Waals surface area contributed by atoms with Crippen molar-refractivity contribution >= 4 is 21.5 Å². The zero-order chi connectivity index (χ0) is 31.5. The van der Waals surface area contributed by atoms with E-state index in [4.69, 9.17) is 0 Å². The molecule has 1 aliphatic rings. The zero-order valence-corrected chi connectivity index (χ0v) is 26.7. The van der Waals surface area contributed by atoms with E-state index in [0.717, 1.165) is 0 Å². The van der Waals surface area contributed by atoms with Gasteiger partial charge in [-0.3, -0.25) is 0 Å². The molecule has 0 aliphatic heterocycles. The van der Waals surface area contributed by atoms with Crippen molar-refractivity contribution in [3.63, 3.8) is 0 Å². The maximum absolute atomic E-state index is 2.52. The highest BCUT2D eigenvalue weighted by molar-refractivity contribution is 6.22. The molecule has 0 fully saturated rings. The highest BCUT2D eigenvalue weighted by atomic mass is 14.4. The normalized spacial score (nSPS) is 13.1. The third-order valence-corrected chi connectivity index (χ3v) is 10.3. The average molecular weight is 599 g/mol. The Balaban J connectivity index is 1.38. The highest BCUT2D eigenvalue weighted by Gasteiger charge is 2.36. The molecule has 0 saturated carbocycles. The van der Waals surface area contributed by atoms with Crippen molar-refractivity contribution in [1.29, 1.82) is 0 Å². The molecule has 0 bridgehead atoms. The van der Waals surface area contributed by atoms with Crippen LogP contribution in [-0.4, -0.2) is 0 Å². The van der Waals surface area contributed by atoms with E-state index in [2.05, 4.69) is 184 Å². The predicted octanol–water partition coefficient (Wildman–Crippen LogP) is 13.0. The molecule has 222 valence electrons. The summed E-state index contributed by atoms with van der Waals surface area (Å²) in [5, 5.41) is 5.15. The van der Waals surface area contributed by atoms with Crippen LogP contribution in [0.5, 0.6) is 0 Å². The molecule has 9 rings (SSSR count). The van der Waals surface area contributed by atoms with Gasteiger partial charge in [-0.15, -0.1) is 0 Å². The summed E-state index contributed by atoms with van der Waals surface area (Å²) < 4.78 is 0. The molecule has 0 heteroatoms. The van der Waals surface area contributed by atoms with Crippen LogP contribution in [0.4, 0.5) is 0 Å². The fraction of sp³-hybridized carbons (Fsp3) is 0.0638. The Hall–Kier alpha value is -5.72.